The summed E-state index contributed by atoms with van der Waals surface area (Å²) in [5.74, 6) is 2.06. The molecule has 0 saturated carbocycles. The molecule has 1 aliphatic rings. The van der Waals surface area contributed by atoms with Gasteiger partial charge in [-0.2, -0.15) is 11.8 Å². The van der Waals surface area contributed by atoms with Gasteiger partial charge in [0.15, 0.2) is 0 Å². The fraction of sp³-hybridized carbons (Fsp3) is 0.625. The number of rotatable bonds is 6. The van der Waals surface area contributed by atoms with Gasteiger partial charge in [0.2, 0.25) is 0 Å². The maximum absolute atomic E-state index is 13.2. The summed E-state index contributed by atoms with van der Waals surface area (Å²) in [5.41, 5.74) is 1.02. The highest BCUT2D eigenvalue weighted by molar-refractivity contribution is 7.99. The standard InChI is InChI=1S/C16H24ClFN2S/c1-3-6-19-15(16-11-21-8-7-20(16)2)9-12-4-5-13(18)10-14(12)17/h4-5,10,15-16,19H,3,6-9,11H2,1-2H3. The van der Waals surface area contributed by atoms with Gasteiger partial charge < -0.3 is 10.2 Å². The summed E-state index contributed by atoms with van der Waals surface area (Å²) in [7, 11) is 2.19. The molecule has 5 heteroatoms. The molecular formula is C16H24ClFN2S. The van der Waals surface area contributed by atoms with E-state index in [1.807, 2.05) is 17.8 Å². The summed E-state index contributed by atoms with van der Waals surface area (Å²) in [4.78, 5) is 2.43. The Bertz CT molecular complexity index is 458. The lowest BCUT2D eigenvalue weighted by Crippen LogP contribution is -2.53. The van der Waals surface area contributed by atoms with Crippen LogP contribution < -0.4 is 5.32 Å². The molecule has 1 aliphatic heterocycles. The maximum Gasteiger partial charge on any atom is 0.124 e. The van der Waals surface area contributed by atoms with Crippen LogP contribution in [0.1, 0.15) is 18.9 Å². The summed E-state index contributed by atoms with van der Waals surface area (Å²) in [5, 5.41) is 4.18. The van der Waals surface area contributed by atoms with Crippen molar-refractivity contribution >= 4 is 23.4 Å². The molecule has 0 bridgehead atoms. The Morgan fingerprint density at radius 2 is 2.33 bits per heavy atom. The smallest absolute Gasteiger partial charge is 0.124 e. The monoisotopic (exact) mass is 330 g/mol. The van der Waals surface area contributed by atoms with Crippen LogP contribution in [0.3, 0.4) is 0 Å². The van der Waals surface area contributed by atoms with Crippen LogP contribution in [0, 0.1) is 5.82 Å². The van der Waals surface area contributed by atoms with E-state index in [1.165, 1.54) is 17.9 Å². The molecule has 21 heavy (non-hydrogen) atoms. The van der Waals surface area contributed by atoms with Crippen molar-refractivity contribution in [2.45, 2.75) is 31.8 Å². The predicted molar refractivity (Wildman–Crippen MR) is 90.9 cm³/mol. The summed E-state index contributed by atoms with van der Waals surface area (Å²) < 4.78 is 13.2. The molecule has 0 amide bonds. The van der Waals surface area contributed by atoms with Gasteiger partial charge in [0.25, 0.3) is 0 Å². The number of likely N-dealkylation sites (N-methyl/N-ethyl adjacent to an activating group) is 1. The van der Waals surface area contributed by atoms with Crippen molar-refractivity contribution in [1.29, 1.82) is 0 Å². The zero-order valence-electron chi connectivity index (χ0n) is 12.7. The van der Waals surface area contributed by atoms with Gasteiger partial charge in [-0.05, 0) is 44.1 Å². The molecule has 2 nitrogen and oxygen atoms in total. The number of nitrogens with zero attached hydrogens (tertiary/aromatic N) is 1. The average molecular weight is 331 g/mol. The molecule has 2 unspecified atom stereocenters. The lowest BCUT2D eigenvalue weighted by molar-refractivity contribution is 0.213. The molecule has 1 heterocycles. The third-order valence-corrected chi connectivity index (χ3v) is 5.42. The van der Waals surface area contributed by atoms with E-state index >= 15 is 0 Å². The summed E-state index contributed by atoms with van der Waals surface area (Å²) in [6, 6.07) is 5.57. The van der Waals surface area contributed by atoms with Crippen LogP contribution in [0.2, 0.25) is 5.02 Å². The Morgan fingerprint density at radius 3 is 3.00 bits per heavy atom. The Balaban J connectivity index is 2.11. The highest BCUT2D eigenvalue weighted by Crippen LogP contribution is 2.23. The van der Waals surface area contributed by atoms with Gasteiger partial charge in [-0.15, -0.1) is 0 Å². The first-order valence-electron chi connectivity index (χ1n) is 7.57. The van der Waals surface area contributed by atoms with Crippen LogP contribution in [-0.2, 0) is 6.42 Å². The molecule has 0 spiro atoms. The number of nitrogens with one attached hydrogen (secondary N) is 1. The van der Waals surface area contributed by atoms with Gasteiger partial charge in [-0.1, -0.05) is 24.6 Å². The van der Waals surface area contributed by atoms with Gasteiger partial charge >= 0.3 is 0 Å². The number of benzene rings is 1. The molecule has 1 aromatic carbocycles. The SMILES string of the molecule is CCCNC(Cc1ccc(F)cc1Cl)C1CSCCN1C. The molecule has 1 fully saturated rings. The van der Waals surface area contributed by atoms with E-state index in [4.69, 9.17) is 11.6 Å². The minimum atomic E-state index is -0.271. The van der Waals surface area contributed by atoms with Crippen molar-refractivity contribution in [3.05, 3.63) is 34.6 Å². The van der Waals surface area contributed by atoms with E-state index in [0.717, 1.165) is 37.2 Å². The minimum Gasteiger partial charge on any atom is -0.312 e. The Hall–Kier alpha value is -0.290. The molecular weight excluding hydrogens is 307 g/mol. The second kappa shape index (κ2) is 8.37. The zero-order chi connectivity index (χ0) is 15.2. The van der Waals surface area contributed by atoms with Gasteiger partial charge in [-0.3, -0.25) is 0 Å². The van der Waals surface area contributed by atoms with E-state index in [9.17, 15) is 4.39 Å². The topological polar surface area (TPSA) is 15.3 Å². The van der Waals surface area contributed by atoms with Crippen molar-refractivity contribution < 1.29 is 4.39 Å². The van der Waals surface area contributed by atoms with E-state index in [2.05, 4.69) is 24.2 Å². The average Bonchev–Trinajstić information content (AvgIpc) is 2.46. The van der Waals surface area contributed by atoms with Crippen LogP contribution in [0.5, 0.6) is 0 Å². The van der Waals surface area contributed by atoms with Crippen LogP contribution in [0.25, 0.3) is 0 Å². The van der Waals surface area contributed by atoms with Crippen molar-refractivity contribution in [3.63, 3.8) is 0 Å². The quantitative estimate of drug-likeness (QED) is 0.860. The Labute approximate surface area is 136 Å². The highest BCUT2D eigenvalue weighted by atomic mass is 35.5. The first-order chi connectivity index (χ1) is 10.1. The van der Waals surface area contributed by atoms with Crippen LogP contribution in [0.4, 0.5) is 4.39 Å². The number of hydrogen-bond donors (Lipinski definition) is 1. The van der Waals surface area contributed by atoms with Crippen molar-refractivity contribution in [2.24, 2.45) is 0 Å². The number of hydrogen-bond acceptors (Lipinski definition) is 3. The second-order valence-corrected chi connectivity index (χ2v) is 7.18. The van der Waals surface area contributed by atoms with E-state index in [-0.39, 0.29) is 5.82 Å². The second-order valence-electron chi connectivity index (χ2n) is 5.62. The number of thioether (sulfide) groups is 1. The zero-order valence-corrected chi connectivity index (χ0v) is 14.3. The van der Waals surface area contributed by atoms with Gasteiger partial charge in [0, 0.05) is 35.2 Å². The lowest BCUT2D eigenvalue weighted by atomic mass is 9.99. The molecule has 1 aromatic rings. The Kier molecular flexibility index (Phi) is 6.80. The van der Waals surface area contributed by atoms with Crippen molar-refractivity contribution in [3.8, 4) is 0 Å². The fourth-order valence-corrected chi connectivity index (χ4v) is 4.28. The molecule has 2 rings (SSSR count). The molecule has 118 valence electrons. The van der Waals surface area contributed by atoms with E-state index < -0.39 is 0 Å². The summed E-state index contributed by atoms with van der Waals surface area (Å²) in [6.07, 6.45) is 1.95. The molecule has 1 saturated heterocycles. The number of halogens is 2. The molecule has 0 aromatic heterocycles. The third kappa shape index (κ3) is 4.85. The summed E-state index contributed by atoms with van der Waals surface area (Å²) >= 11 is 8.21. The highest BCUT2D eigenvalue weighted by Gasteiger charge is 2.28. The molecule has 1 N–H and O–H groups in total. The van der Waals surface area contributed by atoms with Gasteiger partial charge in [-0.25, -0.2) is 4.39 Å². The van der Waals surface area contributed by atoms with Crippen molar-refractivity contribution in [1.82, 2.24) is 10.2 Å². The maximum atomic E-state index is 13.2. The van der Waals surface area contributed by atoms with Gasteiger partial charge in [0.05, 0.1) is 0 Å². The molecule has 0 radical (unpaired) electrons. The molecule has 0 aliphatic carbocycles. The fourth-order valence-electron chi connectivity index (χ4n) is 2.73. The van der Waals surface area contributed by atoms with Crippen LogP contribution >= 0.6 is 23.4 Å². The van der Waals surface area contributed by atoms with Crippen LogP contribution in [-0.4, -0.2) is 48.6 Å². The van der Waals surface area contributed by atoms with Gasteiger partial charge in [0.1, 0.15) is 5.82 Å². The normalized spacial score (nSPS) is 21.4. The van der Waals surface area contributed by atoms with Crippen molar-refractivity contribution in [2.75, 3.05) is 31.6 Å². The Morgan fingerprint density at radius 1 is 1.52 bits per heavy atom. The predicted octanol–water partition coefficient (Wildman–Crippen LogP) is 3.44. The largest absolute Gasteiger partial charge is 0.312 e. The third-order valence-electron chi connectivity index (χ3n) is 4.02. The van der Waals surface area contributed by atoms with E-state index in [0.29, 0.717) is 17.1 Å². The lowest BCUT2D eigenvalue weighted by Gasteiger charge is -2.38. The molecule has 2 atom stereocenters. The van der Waals surface area contributed by atoms with E-state index in [1.54, 1.807) is 0 Å². The summed E-state index contributed by atoms with van der Waals surface area (Å²) in [6.45, 7) is 4.30. The first-order valence-corrected chi connectivity index (χ1v) is 9.10. The minimum absolute atomic E-state index is 0.271. The first kappa shape index (κ1) is 17.1. The van der Waals surface area contributed by atoms with Crippen LogP contribution in [0.15, 0.2) is 18.2 Å².